The Morgan fingerprint density at radius 3 is 2.71 bits per heavy atom. The van der Waals surface area contributed by atoms with Crippen LogP contribution in [0.5, 0.6) is 0 Å². The van der Waals surface area contributed by atoms with Gasteiger partial charge in [-0.3, -0.25) is 0 Å². The van der Waals surface area contributed by atoms with Gasteiger partial charge >= 0.3 is 0 Å². The molecule has 0 spiro atoms. The van der Waals surface area contributed by atoms with Crippen molar-refractivity contribution in [3.63, 3.8) is 0 Å². The van der Waals surface area contributed by atoms with E-state index in [1.54, 1.807) is 0 Å². The van der Waals surface area contributed by atoms with Crippen LogP contribution in [0.1, 0.15) is 44.6 Å². The van der Waals surface area contributed by atoms with Crippen LogP contribution in [-0.4, -0.2) is 21.5 Å². The number of hydrogen-bond acceptors (Lipinski definition) is 3. The fourth-order valence-electron chi connectivity index (χ4n) is 2.45. The Kier molecular flexibility index (Phi) is 5.79. The Labute approximate surface area is 139 Å². The summed E-state index contributed by atoms with van der Waals surface area (Å²) in [5, 5.41) is 12.9. The van der Waals surface area contributed by atoms with Crippen LogP contribution in [-0.2, 0) is 6.42 Å². The molecular formula is C15H20BrClN4. The van der Waals surface area contributed by atoms with Gasteiger partial charge in [-0.05, 0) is 47.4 Å². The first-order valence-electron chi connectivity index (χ1n) is 7.26. The predicted octanol–water partition coefficient (Wildman–Crippen LogP) is 4.31. The molecule has 0 fully saturated rings. The summed E-state index contributed by atoms with van der Waals surface area (Å²) >= 11 is 9.72. The molecule has 21 heavy (non-hydrogen) atoms. The summed E-state index contributed by atoms with van der Waals surface area (Å²) in [7, 11) is 0. The summed E-state index contributed by atoms with van der Waals surface area (Å²) < 4.78 is 2.72. The second kappa shape index (κ2) is 7.38. The molecule has 1 unspecified atom stereocenters. The molecule has 0 aliphatic carbocycles. The third-order valence-electron chi connectivity index (χ3n) is 3.48. The number of benzene rings is 1. The average Bonchev–Trinajstić information content (AvgIpc) is 2.91. The molecule has 0 saturated carbocycles. The second-order valence-electron chi connectivity index (χ2n) is 4.78. The zero-order chi connectivity index (χ0) is 15.4. The molecule has 1 aromatic heterocycles. The van der Waals surface area contributed by atoms with E-state index in [0.717, 1.165) is 40.9 Å². The Balaban J connectivity index is 2.51. The van der Waals surface area contributed by atoms with Crippen LogP contribution in [0.4, 0.5) is 0 Å². The third kappa shape index (κ3) is 3.30. The van der Waals surface area contributed by atoms with Crippen LogP contribution in [0.3, 0.4) is 0 Å². The molecule has 1 aromatic carbocycles. The summed E-state index contributed by atoms with van der Waals surface area (Å²) in [5.41, 5.74) is 3.06. The van der Waals surface area contributed by atoms with Crippen LogP contribution < -0.4 is 5.32 Å². The Hall–Kier alpha value is -0.910. The van der Waals surface area contributed by atoms with E-state index in [0.29, 0.717) is 5.02 Å². The first-order valence-corrected chi connectivity index (χ1v) is 8.43. The molecule has 0 aliphatic heterocycles. The van der Waals surface area contributed by atoms with Gasteiger partial charge in [0.2, 0.25) is 0 Å². The molecule has 4 nitrogen and oxygen atoms in total. The molecular weight excluding hydrogens is 352 g/mol. The summed E-state index contributed by atoms with van der Waals surface area (Å²) in [6.45, 7) is 7.29. The largest absolute Gasteiger partial charge is 0.309 e. The SMILES string of the molecule is CCNC(CC)c1nnn(-c2cccc(Cl)c2Br)c1CC. The molecule has 0 radical (unpaired) electrons. The minimum Gasteiger partial charge on any atom is -0.309 e. The molecule has 0 bridgehead atoms. The Morgan fingerprint density at radius 1 is 1.33 bits per heavy atom. The van der Waals surface area contributed by atoms with Gasteiger partial charge < -0.3 is 5.32 Å². The van der Waals surface area contributed by atoms with Crippen molar-refractivity contribution in [1.82, 2.24) is 20.3 Å². The monoisotopic (exact) mass is 370 g/mol. The third-order valence-corrected chi connectivity index (χ3v) is 4.85. The van der Waals surface area contributed by atoms with E-state index in [-0.39, 0.29) is 6.04 Å². The van der Waals surface area contributed by atoms with Gasteiger partial charge in [-0.15, -0.1) is 5.10 Å². The Morgan fingerprint density at radius 2 is 2.10 bits per heavy atom. The number of rotatable bonds is 6. The van der Waals surface area contributed by atoms with Crippen molar-refractivity contribution >= 4 is 27.5 Å². The molecule has 0 amide bonds. The fraction of sp³-hybridized carbons (Fsp3) is 0.467. The minimum absolute atomic E-state index is 0.233. The highest BCUT2D eigenvalue weighted by Crippen LogP contribution is 2.30. The maximum absolute atomic E-state index is 6.18. The van der Waals surface area contributed by atoms with Gasteiger partial charge in [0, 0.05) is 0 Å². The van der Waals surface area contributed by atoms with E-state index in [2.05, 4.69) is 52.3 Å². The van der Waals surface area contributed by atoms with Gasteiger partial charge in [0.15, 0.2) is 0 Å². The van der Waals surface area contributed by atoms with Crippen molar-refractivity contribution in [2.24, 2.45) is 0 Å². The smallest absolute Gasteiger partial charge is 0.103 e. The van der Waals surface area contributed by atoms with Gasteiger partial charge in [0.05, 0.1) is 26.9 Å². The van der Waals surface area contributed by atoms with E-state index in [1.165, 1.54) is 0 Å². The maximum atomic E-state index is 6.18. The van der Waals surface area contributed by atoms with E-state index in [1.807, 2.05) is 22.9 Å². The van der Waals surface area contributed by atoms with Gasteiger partial charge in [0.25, 0.3) is 0 Å². The standard InChI is InChI=1S/C15H20BrClN4/c1-4-11(18-6-3)15-12(5-2)21(20-19-15)13-9-7-8-10(17)14(13)16/h7-9,11,18H,4-6H2,1-3H3. The lowest BCUT2D eigenvalue weighted by atomic mass is 10.1. The normalized spacial score (nSPS) is 12.6. The number of halogens is 2. The van der Waals surface area contributed by atoms with Crippen molar-refractivity contribution < 1.29 is 0 Å². The molecule has 1 N–H and O–H groups in total. The lowest BCUT2D eigenvalue weighted by Gasteiger charge is -2.15. The summed E-state index contributed by atoms with van der Waals surface area (Å²) in [4.78, 5) is 0. The number of hydrogen-bond donors (Lipinski definition) is 1. The molecule has 114 valence electrons. The van der Waals surface area contributed by atoms with Gasteiger partial charge in [-0.1, -0.05) is 43.7 Å². The quantitative estimate of drug-likeness (QED) is 0.823. The highest BCUT2D eigenvalue weighted by molar-refractivity contribution is 9.10. The molecule has 1 atom stereocenters. The lowest BCUT2D eigenvalue weighted by molar-refractivity contribution is 0.520. The fourth-order valence-corrected chi connectivity index (χ4v) is 3.05. The number of nitrogens with zero attached hydrogens (tertiary/aromatic N) is 3. The van der Waals surface area contributed by atoms with E-state index < -0.39 is 0 Å². The molecule has 2 rings (SSSR count). The lowest BCUT2D eigenvalue weighted by Crippen LogP contribution is -2.21. The van der Waals surface area contributed by atoms with E-state index in [9.17, 15) is 0 Å². The Bertz CT molecular complexity index is 612. The van der Waals surface area contributed by atoms with Gasteiger partial charge in [-0.2, -0.15) is 0 Å². The van der Waals surface area contributed by atoms with Crippen LogP contribution in [0.25, 0.3) is 5.69 Å². The van der Waals surface area contributed by atoms with Crippen LogP contribution in [0.2, 0.25) is 5.02 Å². The number of nitrogens with one attached hydrogen (secondary N) is 1. The van der Waals surface area contributed by atoms with Crippen molar-refractivity contribution in [3.05, 3.63) is 39.1 Å². The predicted molar refractivity (Wildman–Crippen MR) is 90.2 cm³/mol. The number of aromatic nitrogens is 3. The van der Waals surface area contributed by atoms with Crippen molar-refractivity contribution in [1.29, 1.82) is 0 Å². The first kappa shape index (κ1) is 16.5. The zero-order valence-electron chi connectivity index (χ0n) is 12.5. The minimum atomic E-state index is 0.233. The van der Waals surface area contributed by atoms with Crippen LogP contribution >= 0.6 is 27.5 Å². The zero-order valence-corrected chi connectivity index (χ0v) is 14.9. The molecule has 1 heterocycles. The van der Waals surface area contributed by atoms with Crippen LogP contribution in [0.15, 0.2) is 22.7 Å². The van der Waals surface area contributed by atoms with Crippen molar-refractivity contribution in [2.75, 3.05) is 6.54 Å². The molecule has 6 heteroatoms. The van der Waals surface area contributed by atoms with Crippen molar-refractivity contribution in [3.8, 4) is 5.69 Å². The topological polar surface area (TPSA) is 42.7 Å². The highest BCUT2D eigenvalue weighted by Gasteiger charge is 2.20. The summed E-state index contributed by atoms with van der Waals surface area (Å²) in [5.74, 6) is 0. The first-order chi connectivity index (χ1) is 10.1. The summed E-state index contributed by atoms with van der Waals surface area (Å²) in [6, 6.07) is 6.00. The molecule has 2 aromatic rings. The van der Waals surface area contributed by atoms with Crippen LogP contribution in [0, 0.1) is 0 Å². The van der Waals surface area contributed by atoms with Gasteiger partial charge in [0.1, 0.15) is 5.69 Å². The van der Waals surface area contributed by atoms with Crippen molar-refractivity contribution in [2.45, 2.75) is 39.7 Å². The van der Waals surface area contributed by atoms with E-state index in [4.69, 9.17) is 11.6 Å². The summed E-state index contributed by atoms with van der Waals surface area (Å²) in [6.07, 6.45) is 1.85. The molecule has 0 aliphatic rings. The average molecular weight is 372 g/mol. The highest BCUT2D eigenvalue weighted by atomic mass is 79.9. The maximum Gasteiger partial charge on any atom is 0.103 e. The second-order valence-corrected chi connectivity index (χ2v) is 5.98. The molecule has 0 saturated heterocycles. The van der Waals surface area contributed by atoms with E-state index >= 15 is 0 Å². The van der Waals surface area contributed by atoms with Gasteiger partial charge in [-0.25, -0.2) is 4.68 Å².